The second kappa shape index (κ2) is 6.86. The Morgan fingerprint density at radius 2 is 2.00 bits per heavy atom. The fourth-order valence-electron chi connectivity index (χ4n) is 1.69. The van der Waals surface area contributed by atoms with Crippen molar-refractivity contribution in [1.29, 1.82) is 0 Å². The maximum Gasteiger partial charge on any atom is 0.320 e. The van der Waals surface area contributed by atoms with Gasteiger partial charge in [-0.3, -0.25) is 4.79 Å². The van der Waals surface area contributed by atoms with Crippen LogP contribution in [0.25, 0.3) is 0 Å². The van der Waals surface area contributed by atoms with Crippen molar-refractivity contribution in [2.75, 3.05) is 14.2 Å². The first kappa shape index (κ1) is 14.3. The molecule has 0 spiro atoms. The van der Waals surface area contributed by atoms with E-state index >= 15 is 0 Å². The van der Waals surface area contributed by atoms with E-state index in [0.717, 1.165) is 18.4 Å². The zero-order valence-electron chi connectivity index (χ0n) is 10.7. The SMILES string of the molecule is COc1ccc(CCCC(N)C(=O)O)cc1OC. The molecule has 0 aliphatic rings. The van der Waals surface area contributed by atoms with Gasteiger partial charge in [0, 0.05) is 0 Å². The van der Waals surface area contributed by atoms with Crippen molar-refractivity contribution in [2.24, 2.45) is 5.73 Å². The molecule has 0 amide bonds. The fourth-order valence-corrected chi connectivity index (χ4v) is 1.69. The molecule has 5 heteroatoms. The van der Waals surface area contributed by atoms with Gasteiger partial charge < -0.3 is 20.3 Å². The summed E-state index contributed by atoms with van der Waals surface area (Å²) in [6.45, 7) is 0. The number of aryl methyl sites for hydroxylation is 1. The number of methoxy groups -OCH3 is 2. The molecule has 18 heavy (non-hydrogen) atoms. The monoisotopic (exact) mass is 253 g/mol. The van der Waals surface area contributed by atoms with Gasteiger partial charge >= 0.3 is 5.97 Å². The Kier molecular flexibility index (Phi) is 5.45. The number of hydrogen-bond donors (Lipinski definition) is 2. The number of carboxylic acid groups (broad SMARTS) is 1. The normalized spacial score (nSPS) is 11.9. The van der Waals surface area contributed by atoms with Crippen LogP contribution in [0.15, 0.2) is 18.2 Å². The first-order valence-corrected chi connectivity index (χ1v) is 5.77. The number of hydrogen-bond acceptors (Lipinski definition) is 4. The van der Waals surface area contributed by atoms with Gasteiger partial charge in [0.2, 0.25) is 0 Å². The number of benzene rings is 1. The minimum absolute atomic E-state index is 0.462. The van der Waals surface area contributed by atoms with E-state index in [9.17, 15) is 4.79 Å². The van der Waals surface area contributed by atoms with Gasteiger partial charge in [-0.05, 0) is 37.0 Å². The average molecular weight is 253 g/mol. The van der Waals surface area contributed by atoms with E-state index in [1.165, 1.54) is 0 Å². The van der Waals surface area contributed by atoms with Crippen LogP contribution < -0.4 is 15.2 Å². The molecule has 1 unspecified atom stereocenters. The predicted molar refractivity (Wildman–Crippen MR) is 68.1 cm³/mol. The molecule has 3 N–H and O–H groups in total. The summed E-state index contributed by atoms with van der Waals surface area (Å²) in [5.74, 6) is 0.406. The summed E-state index contributed by atoms with van der Waals surface area (Å²) in [6, 6.07) is 4.88. The quantitative estimate of drug-likeness (QED) is 0.768. The molecule has 1 atom stereocenters. The highest BCUT2D eigenvalue weighted by molar-refractivity contribution is 5.72. The van der Waals surface area contributed by atoms with Gasteiger partial charge in [0.1, 0.15) is 6.04 Å². The van der Waals surface area contributed by atoms with E-state index in [4.69, 9.17) is 20.3 Å². The smallest absolute Gasteiger partial charge is 0.320 e. The van der Waals surface area contributed by atoms with E-state index in [1.807, 2.05) is 18.2 Å². The molecule has 0 aliphatic carbocycles. The zero-order chi connectivity index (χ0) is 13.5. The number of nitrogens with two attached hydrogens (primary N) is 1. The Morgan fingerprint density at radius 3 is 2.56 bits per heavy atom. The van der Waals surface area contributed by atoms with E-state index in [1.54, 1.807) is 14.2 Å². The number of ether oxygens (including phenoxy) is 2. The fraction of sp³-hybridized carbons (Fsp3) is 0.462. The highest BCUT2D eigenvalue weighted by Gasteiger charge is 2.11. The minimum Gasteiger partial charge on any atom is -0.493 e. The van der Waals surface area contributed by atoms with Crippen LogP contribution in [-0.4, -0.2) is 31.3 Å². The van der Waals surface area contributed by atoms with Crippen LogP contribution in [0.1, 0.15) is 18.4 Å². The van der Waals surface area contributed by atoms with Crippen molar-refractivity contribution >= 4 is 5.97 Å². The van der Waals surface area contributed by atoms with E-state index in [-0.39, 0.29) is 0 Å². The molecule has 0 saturated carbocycles. The molecular formula is C13H19NO4. The Balaban J connectivity index is 2.55. The number of carboxylic acids is 1. The Labute approximate surface area is 107 Å². The molecule has 0 aliphatic heterocycles. The summed E-state index contributed by atoms with van der Waals surface area (Å²) >= 11 is 0. The molecule has 0 aromatic heterocycles. The van der Waals surface area contributed by atoms with Crippen molar-refractivity contribution in [3.8, 4) is 11.5 Å². The van der Waals surface area contributed by atoms with Gasteiger partial charge in [-0.1, -0.05) is 6.07 Å². The van der Waals surface area contributed by atoms with Crippen LogP contribution in [0.4, 0.5) is 0 Å². The summed E-state index contributed by atoms with van der Waals surface area (Å²) in [6.07, 6.45) is 1.95. The van der Waals surface area contributed by atoms with E-state index in [2.05, 4.69) is 0 Å². The van der Waals surface area contributed by atoms with Gasteiger partial charge in [-0.15, -0.1) is 0 Å². The van der Waals surface area contributed by atoms with Gasteiger partial charge in [0.15, 0.2) is 11.5 Å². The maximum atomic E-state index is 10.6. The van der Waals surface area contributed by atoms with Crippen molar-refractivity contribution < 1.29 is 19.4 Å². The standard InChI is InChI=1S/C13H19NO4/c1-17-11-7-6-9(8-12(11)18-2)4-3-5-10(14)13(15)16/h6-8,10H,3-5,14H2,1-2H3,(H,15,16). The molecule has 100 valence electrons. The summed E-state index contributed by atoms with van der Waals surface area (Å²) in [5.41, 5.74) is 6.51. The van der Waals surface area contributed by atoms with Gasteiger partial charge in [0.25, 0.3) is 0 Å². The maximum absolute atomic E-state index is 10.6. The van der Waals surface area contributed by atoms with Crippen molar-refractivity contribution in [1.82, 2.24) is 0 Å². The molecule has 0 heterocycles. The van der Waals surface area contributed by atoms with Crippen LogP contribution in [-0.2, 0) is 11.2 Å². The van der Waals surface area contributed by atoms with E-state index < -0.39 is 12.0 Å². The van der Waals surface area contributed by atoms with Crippen molar-refractivity contribution in [3.05, 3.63) is 23.8 Å². The average Bonchev–Trinajstić information content (AvgIpc) is 2.38. The van der Waals surface area contributed by atoms with Crippen molar-refractivity contribution in [3.63, 3.8) is 0 Å². The summed E-state index contributed by atoms with van der Waals surface area (Å²) in [5, 5.41) is 8.67. The third-order valence-electron chi connectivity index (χ3n) is 2.75. The second-order valence-electron chi connectivity index (χ2n) is 4.03. The molecular weight excluding hydrogens is 234 g/mol. The second-order valence-corrected chi connectivity index (χ2v) is 4.03. The Morgan fingerprint density at radius 1 is 1.33 bits per heavy atom. The third kappa shape index (κ3) is 3.92. The molecule has 5 nitrogen and oxygen atoms in total. The van der Waals surface area contributed by atoms with Crippen LogP contribution in [0.3, 0.4) is 0 Å². The largest absolute Gasteiger partial charge is 0.493 e. The molecule has 0 radical (unpaired) electrons. The Bertz CT molecular complexity index is 406. The third-order valence-corrected chi connectivity index (χ3v) is 2.75. The van der Waals surface area contributed by atoms with Crippen molar-refractivity contribution in [2.45, 2.75) is 25.3 Å². The molecule has 0 fully saturated rings. The minimum atomic E-state index is -0.956. The summed E-state index contributed by atoms with van der Waals surface area (Å²) < 4.78 is 10.3. The predicted octanol–water partition coefficient (Wildman–Crippen LogP) is 1.44. The topological polar surface area (TPSA) is 81.8 Å². The van der Waals surface area contributed by atoms with Crippen LogP contribution in [0, 0.1) is 0 Å². The lowest BCUT2D eigenvalue weighted by Gasteiger charge is -2.10. The molecule has 1 rings (SSSR count). The summed E-state index contributed by atoms with van der Waals surface area (Å²) in [4.78, 5) is 10.6. The first-order chi connectivity index (χ1) is 8.58. The van der Waals surface area contributed by atoms with E-state index in [0.29, 0.717) is 17.9 Å². The molecule has 1 aromatic carbocycles. The highest BCUT2D eigenvalue weighted by atomic mass is 16.5. The number of aliphatic carboxylic acids is 1. The molecule has 0 bridgehead atoms. The summed E-state index contributed by atoms with van der Waals surface area (Å²) in [7, 11) is 3.17. The molecule has 0 saturated heterocycles. The highest BCUT2D eigenvalue weighted by Crippen LogP contribution is 2.28. The first-order valence-electron chi connectivity index (χ1n) is 5.77. The van der Waals surface area contributed by atoms with Gasteiger partial charge in [0.05, 0.1) is 14.2 Å². The number of rotatable bonds is 7. The van der Waals surface area contributed by atoms with Crippen LogP contribution >= 0.6 is 0 Å². The lowest BCUT2D eigenvalue weighted by molar-refractivity contribution is -0.138. The lowest BCUT2D eigenvalue weighted by Crippen LogP contribution is -2.29. The zero-order valence-corrected chi connectivity index (χ0v) is 10.7. The van der Waals surface area contributed by atoms with Crippen LogP contribution in [0.2, 0.25) is 0 Å². The van der Waals surface area contributed by atoms with Crippen LogP contribution in [0.5, 0.6) is 11.5 Å². The van der Waals surface area contributed by atoms with Gasteiger partial charge in [-0.25, -0.2) is 0 Å². The van der Waals surface area contributed by atoms with Gasteiger partial charge in [-0.2, -0.15) is 0 Å². The lowest BCUT2D eigenvalue weighted by atomic mass is 10.0. The molecule has 1 aromatic rings. The number of carbonyl (C=O) groups is 1. The Hall–Kier alpha value is -1.75.